The first kappa shape index (κ1) is 19.9. The molecule has 1 aliphatic rings. The fraction of sp³-hybridized carbons (Fsp3) is 0.200. The van der Waals surface area contributed by atoms with Crippen LogP contribution < -0.4 is 5.32 Å². The molecular weight excluding hydrogens is 432 g/mol. The first-order valence-electron chi connectivity index (χ1n) is 10.9. The number of thiazole rings is 1. The number of carbonyl (C=O) groups excluding carboxylic acids is 1. The zero-order valence-electron chi connectivity index (χ0n) is 18.1. The number of aryl methyl sites for hydroxylation is 1. The number of hydrogen-bond acceptors (Lipinski definition) is 5. The molecule has 7 nitrogen and oxygen atoms in total. The van der Waals surface area contributed by atoms with E-state index < -0.39 is 0 Å². The molecule has 5 aromatic rings. The number of benzene rings is 2. The van der Waals surface area contributed by atoms with Crippen LogP contribution in [0.2, 0.25) is 0 Å². The number of carbonyl (C=O) groups is 1. The Morgan fingerprint density at radius 2 is 2.06 bits per heavy atom. The summed E-state index contributed by atoms with van der Waals surface area (Å²) in [6.45, 7) is 0.377. The topological polar surface area (TPSA) is 99.5 Å². The fourth-order valence-corrected chi connectivity index (χ4v) is 6.06. The second kappa shape index (κ2) is 7.38. The third kappa shape index (κ3) is 3.01. The highest BCUT2D eigenvalue weighted by atomic mass is 32.1. The van der Waals surface area contributed by atoms with Crippen molar-refractivity contribution in [1.82, 2.24) is 25.1 Å². The van der Waals surface area contributed by atoms with Gasteiger partial charge in [-0.1, -0.05) is 42.5 Å². The Morgan fingerprint density at radius 3 is 2.82 bits per heavy atom. The van der Waals surface area contributed by atoms with Crippen LogP contribution in [0, 0.1) is 5.41 Å². The van der Waals surface area contributed by atoms with Gasteiger partial charge < -0.3 is 15.3 Å². The predicted molar refractivity (Wildman–Crippen MR) is 130 cm³/mol. The summed E-state index contributed by atoms with van der Waals surface area (Å²) in [6, 6.07) is 16.4. The monoisotopic (exact) mass is 454 g/mol. The number of fused-ring (bicyclic) bond motifs is 2. The van der Waals surface area contributed by atoms with Crippen molar-refractivity contribution in [1.29, 1.82) is 5.41 Å². The number of nitrogens with one attached hydrogen (secondary N) is 3. The lowest BCUT2D eigenvalue weighted by Gasteiger charge is -2.12. The average molecular weight is 455 g/mol. The first-order chi connectivity index (χ1) is 16.1. The van der Waals surface area contributed by atoms with Crippen molar-refractivity contribution in [2.45, 2.75) is 24.8 Å². The third-order valence-electron chi connectivity index (χ3n) is 6.62. The van der Waals surface area contributed by atoms with E-state index in [0.29, 0.717) is 17.8 Å². The fourth-order valence-electron chi connectivity index (χ4n) is 4.67. The van der Waals surface area contributed by atoms with Gasteiger partial charge in [0.15, 0.2) is 5.65 Å². The lowest BCUT2D eigenvalue weighted by molar-refractivity contribution is 0.0943. The maximum Gasteiger partial charge on any atom is 0.268 e. The van der Waals surface area contributed by atoms with E-state index in [0.717, 1.165) is 44.7 Å². The molecule has 164 valence electrons. The molecule has 0 radical (unpaired) electrons. The highest BCUT2D eigenvalue weighted by molar-refractivity contribution is 7.19. The summed E-state index contributed by atoms with van der Waals surface area (Å²) in [6.07, 6.45) is 5.19. The van der Waals surface area contributed by atoms with Gasteiger partial charge in [-0.25, -0.2) is 4.98 Å². The Labute approximate surface area is 194 Å². The SMILES string of the molecule is Cn1c(C(=O)NCc2cccc3[nH]ncc23)c(C=N)c2sc(C3(c4ccccc4)CC3)nc21. The summed E-state index contributed by atoms with van der Waals surface area (Å²) in [5.41, 5.74) is 5.03. The molecule has 1 aliphatic carbocycles. The number of amides is 1. The summed E-state index contributed by atoms with van der Waals surface area (Å²) < 4.78 is 2.72. The Bertz CT molecular complexity index is 1520. The molecule has 3 N–H and O–H groups in total. The number of nitrogens with zero attached hydrogens (tertiary/aromatic N) is 3. The van der Waals surface area contributed by atoms with Crippen LogP contribution in [0.15, 0.2) is 54.7 Å². The van der Waals surface area contributed by atoms with E-state index in [1.165, 1.54) is 11.8 Å². The van der Waals surface area contributed by atoms with Crippen LogP contribution in [-0.4, -0.2) is 31.9 Å². The highest BCUT2D eigenvalue weighted by Gasteiger charge is 2.48. The minimum atomic E-state index is -0.215. The lowest BCUT2D eigenvalue weighted by atomic mass is 9.97. The molecule has 1 amide bonds. The molecule has 2 aromatic carbocycles. The molecule has 3 heterocycles. The summed E-state index contributed by atoms with van der Waals surface area (Å²) >= 11 is 1.61. The molecule has 0 spiro atoms. The van der Waals surface area contributed by atoms with Gasteiger partial charge in [0.1, 0.15) is 10.7 Å². The second-order valence-electron chi connectivity index (χ2n) is 8.52. The van der Waals surface area contributed by atoms with Crippen LogP contribution in [0.1, 0.15) is 45.0 Å². The molecule has 1 saturated carbocycles. The molecule has 3 aromatic heterocycles. The number of aromatic amines is 1. The van der Waals surface area contributed by atoms with Crippen molar-refractivity contribution in [3.05, 3.63) is 82.1 Å². The van der Waals surface area contributed by atoms with E-state index in [-0.39, 0.29) is 11.3 Å². The standard InChI is InChI=1S/C25H22N6OS/c1-31-20(23(32)27-13-15-6-5-9-19-18(15)14-28-30-19)17(12-26)21-22(31)29-24(33-21)25(10-11-25)16-7-3-2-4-8-16/h2-9,12,14,26H,10-11,13H2,1H3,(H,27,32)(H,28,30). The zero-order valence-corrected chi connectivity index (χ0v) is 18.9. The molecule has 8 heteroatoms. The smallest absolute Gasteiger partial charge is 0.268 e. The van der Waals surface area contributed by atoms with Crippen LogP contribution in [-0.2, 0) is 19.0 Å². The van der Waals surface area contributed by atoms with E-state index >= 15 is 0 Å². The molecule has 6 rings (SSSR count). The molecule has 0 atom stereocenters. The number of H-pyrrole nitrogens is 1. The van der Waals surface area contributed by atoms with E-state index in [9.17, 15) is 4.79 Å². The lowest BCUT2D eigenvalue weighted by Crippen LogP contribution is -2.26. The largest absolute Gasteiger partial charge is 0.347 e. The van der Waals surface area contributed by atoms with Crippen molar-refractivity contribution < 1.29 is 4.79 Å². The molecule has 0 unspecified atom stereocenters. The minimum Gasteiger partial charge on any atom is -0.347 e. The molecular formula is C25H22N6OS. The van der Waals surface area contributed by atoms with Crippen LogP contribution >= 0.6 is 11.3 Å². The Balaban J connectivity index is 1.33. The normalized spacial score (nSPS) is 14.6. The van der Waals surface area contributed by atoms with Gasteiger partial charge in [0.2, 0.25) is 0 Å². The minimum absolute atomic E-state index is 0.0318. The molecule has 33 heavy (non-hydrogen) atoms. The molecule has 0 saturated heterocycles. The van der Waals surface area contributed by atoms with Gasteiger partial charge in [0.05, 0.1) is 16.4 Å². The predicted octanol–water partition coefficient (Wildman–Crippen LogP) is 4.52. The second-order valence-corrected chi connectivity index (χ2v) is 9.52. The molecule has 0 aliphatic heterocycles. The van der Waals surface area contributed by atoms with Crippen molar-refractivity contribution >= 4 is 44.7 Å². The number of hydrogen-bond donors (Lipinski definition) is 3. The average Bonchev–Trinajstić information content (AvgIpc) is 3.18. The summed E-state index contributed by atoms with van der Waals surface area (Å²) in [7, 11) is 1.85. The molecule has 1 fully saturated rings. The van der Waals surface area contributed by atoms with Crippen LogP contribution in [0.5, 0.6) is 0 Å². The van der Waals surface area contributed by atoms with Crippen LogP contribution in [0.25, 0.3) is 21.3 Å². The van der Waals surface area contributed by atoms with Gasteiger partial charge in [0, 0.05) is 36.2 Å². The van der Waals surface area contributed by atoms with Crippen molar-refractivity contribution in [2.24, 2.45) is 7.05 Å². The Hall–Kier alpha value is -3.78. The van der Waals surface area contributed by atoms with Gasteiger partial charge in [0.25, 0.3) is 5.91 Å². The highest BCUT2D eigenvalue weighted by Crippen LogP contribution is 2.55. The van der Waals surface area contributed by atoms with E-state index in [4.69, 9.17) is 10.4 Å². The zero-order chi connectivity index (χ0) is 22.6. The number of aromatic nitrogens is 4. The van der Waals surface area contributed by atoms with Crippen LogP contribution in [0.4, 0.5) is 0 Å². The van der Waals surface area contributed by atoms with E-state index in [2.05, 4.69) is 39.8 Å². The van der Waals surface area contributed by atoms with Crippen molar-refractivity contribution in [3.8, 4) is 0 Å². The van der Waals surface area contributed by atoms with Crippen LogP contribution in [0.3, 0.4) is 0 Å². The van der Waals surface area contributed by atoms with Crippen molar-refractivity contribution in [3.63, 3.8) is 0 Å². The number of rotatable bonds is 6. The van der Waals surface area contributed by atoms with Crippen molar-refractivity contribution in [2.75, 3.05) is 0 Å². The van der Waals surface area contributed by atoms with Gasteiger partial charge in [-0.15, -0.1) is 11.3 Å². The van der Waals surface area contributed by atoms with E-state index in [1.54, 1.807) is 17.5 Å². The molecule has 0 bridgehead atoms. The van der Waals surface area contributed by atoms with Gasteiger partial charge in [-0.05, 0) is 30.0 Å². The van der Waals surface area contributed by atoms with Gasteiger partial charge >= 0.3 is 0 Å². The summed E-state index contributed by atoms with van der Waals surface area (Å²) in [4.78, 5) is 18.2. The maximum atomic E-state index is 13.2. The van der Waals surface area contributed by atoms with Gasteiger partial charge in [-0.2, -0.15) is 5.10 Å². The third-order valence-corrected chi connectivity index (χ3v) is 7.90. The summed E-state index contributed by atoms with van der Waals surface area (Å²) in [5.74, 6) is -0.215. The Morgan fingerprint density at radius 1 is 1.24 bits per heavy atom. The quantitative estimate of drug-likeness (QED) is 0.329. The Kier molecular flexibility index (Phi) is 4.45. The van der Waals surface area contributed by atoms with E-state index in [1.807, 2.05) is 35.9 Å². The summed E-state index contributed by atoms with van der Waals surface area (Å²) in [5, 5.41) is 20.2. The first-order valence-corrected chi connectivity index (χ1v) is 11.7. The maximum absolute atomic E-state index is 13.2. The van der Waals surface area contributed by atoms with Gasteiger partial charge in [-0.3, -0.25) is 9.89 Å².